The third-order valence-electron chi connectivity index (χ3n) is 5.77. The summed E-state index contributed by atoms with van der Waals surface area (Å²) in [7, 11) is -1.35. The van der Waals surface area contributed by atoms with E-state index in [1.54, 1.807) is 12.1 Å². The van der Waals surface area contributed by atoms with Crippen molar-refractivity contribution in [3.05, 3.63) is 64.7 Å². The Morgan fingerprint density at radius 1 is 1.07 bits per heavy atom. The first-order valence-corrected chi connectivity index (χ1v) is 12.1. The maximum atomic E-state index is 12.5. The fourth-order valence-corrected chi connectivity index (χ4v) is 4.51. The molecule has 30 heavy (non-hydrogen) atoms. The van der Waals surface area contributed by atoms with E-state index in [-0.39, 0.29) is 18.5 Å². The quantitative estimate of drug-likeness (QED) is 0.766. The van der Waals surface area contributed by atoms with Crippen LogP contribution in [0, 0.1) is 13.8 Å². The zero-order valence-electron chi connectivity index (χ0n) is 18.2. The van der Waals surface area contributed by atoms with Crippen LogP contribution in [-0.2, 0) is 16.6 Å². The number of benzene rings is 2. The zero-order chi connectivity index (χ0) is 21.9. The first kappa shape index (κ1) is 22.3. The first-order chi connectivity index (χ1) is 14.1. The van der Waals surface area contributed by atoms with Crippen LogP contribution in [0.1, 0.15) is 39.9 Å². The lowest BCUT2D eigenvalue weighted by atomic mass is 10.0. The van der Waals surface area contributed by atoms with E-state index in [1.807, 2.05) is 44.2 Å². The second-order valence-electron chi connectivity index (χ2n) is 8.29. The maximum Gasteiger partial charge on any atom is 0.251 e. The number of rotatable bonds is 6. The molecule has 1 fully saturated rings. The number of anilines is 1. The Hall–Kier alpha value is -2.38. The van der Waals surface area contributed by atoms with Crippen LogP contribution in [0.3, 0.4) is 0 Å². The van der Waals surface area contributed by atoms with E-state index < -0.39 is 10.0 Å². The molecule has 0 radical (unpaired) electrons. The molecule has 1 N–H and O–H groups in total. The Balaban J connectivity index is 1.71. The molecular weight excluding hydrogens is 398 g/mol. The Morgan fingerprint density at radius 3 is 2.27 bits per heavy atom. The Bertz CT molecular complexity index is 995. The molecule has 0 aliphatic carbocycles. The number of hydrogen-bond donors (Lipinski definition) is 1. The van der Waals surface area contributed by atoms with Gasteiger partial charge in [0, 0.05) is 11.6 Å². The number of sulfonamides is 1. The molecule has 0 bridgehead atoms. The molecule has 3 rings (SSSR count). The summed E-state index contributed by atoms with van der Waals surface area (Å²) in [5.41, 5.74) is 4.23. The number of carbonyl (C=O) groups is 1. The number of nitrogens with zero attached hydrogens (tertiary/aromatic N) is 2. The SMILES string of the molecule is Cc1ccc(N(Cc2ccc(C(=O)NC3CCN(C)CC3)cc2)S(C)(=O)=O)cc1C. The number of carbonyl (C=O) groups excluding carboxylic acids is 1. The molecular formula is C23H31N3O3S. The van der Waals surface area contributed by atoms with Crippen molar-refractivity contribution in [3.8, 4) is 0 Å². The lowest BCUT2D eigenvalue weighted by Crippen LogP contribution is -2.43. The van der Waals surface area contributed by atoms with E-state index in [4.69, 9.17) is 0 Å². The molecule has 0 atom stereocenters. The van der Waals surface area contributed by atoms with Crippen molar-refractivity contribution < 1.29 is 13.2 Å². The summed E-state index contributed by atoms with van der Waals surface area (Å²) in [4.78, 5) is 14.8. The van der Waals surface area contributed by atoms with Crippen LogP contribution < -0.4 is 9.62 Å². The van der Waals surface area contributed by atoms with Gasteiger partial charge in [0.15, 0.2) is 0 Å². The van der Waals surface area contributed by atoms with Gasteiger partial charge in [0.1, 0.15) is 0 Å². The summed E-state index contributed by atoms with van der Waals surface area (Å²) < 4.78 is 26.2. The predicted octanol–water partition coefficient (Wildman–Crippen LogP) is 3.09. The monoisotopic (exact) mass is 429 g/mol. The van der Waals surface area contributed by atoms with Gasteiger partial charge >= 0.3 is 0 Å². The van der Waals surface area contributed by atoms with Gasteiger partial charge in [-0.25, -0.2) is 8.42 Å². The Labute approximate surface area is 179 Å². The van der Waals surface area contributed by atoms with Gasteiger partial charge in [-0.15, -0.1) is 0 Å². The van der Waals surface area contributed by atoms with Crippen molar-refractivity contribution in [3.63, 3.8) is 0 Å². The van der Waals surface area contributed by atoms with Gasteiger partial charge in [-0.3, -0.25) is 9.10 Å². The molecule has 0 unspecified atom stereocenters. The number of likely N-dealkylation sites (tertiary alicyclic amines) is 1. The van der Waals surface area contributed by atoms with Crippen LogP contribution >= 0.6 is 0 Å². The fraction of sp³-hybridized carbons (Fsp3) is 0.435. The number of piperidine rings is 1. The molecule has 1 heterocycles. The average Bonchev–Trinajstić information content (AvgIpc) is 2.69. The van der Waals surface area contributed by atoms with Gasteiger partial charge < -0.3 is 10.2 Å². The zero-order valence-corrected chi connectivity index (χ0v) is 19.0. The van der Waals surface area contributed by atoms with E-state index in [1.165, 1.54) is 10.6 Å². The van der Waals surface area contributed by atoms with Crippen molar-refractivity contribution in [2.75, 3.05) is 30.7 Å². The lowest BCUT2D eigenvalue weighted by Gasteiger charge is -2.29. The second-order valence-corrected chi connectivity index (χ2v) is 10.2. The van der Waals surface area contributed by atoms with Crippen LogP contribution in [-0.4, -0.2) is 51.7 Å². The third kappa shape index (κ3) is 5.61. The molecule has 0 saturated carbocycles. The van der Waals surface area contributed by atoms with E-state index in [0.29, 0.717) is 11.3 Å². The van der Waals surface area contributed by atoms with Crippen molar-refractivity contribution in [1.29, 1.82) is 0 Å². The lowest BCUT2D eigenvalue weighted by molar-refractivity contribution is 0.0917. The van der Waals surface area contributed by atoms with E-state index in [2.05, 4.69) is 17.3 Å². The van der Waals surface area contributed by atoms with Gasteiger partial charge in [-0.05, 0) is 87.8 Å². The topological polar surface area (TPSA) is 69.7 Å². The Kier molecular flexibility index (Phi) is 6.83. The molecule has 7 heteroatoms. The highest BCUT2D eigenvalue weighted by atomic mass is 32.2. The van der Waals surface area contributed by atoms with Gasteiger partial charge in [0.2, 0.25) is 10.0 Å². The van der Waals surface area contributed by atoms with Gasteiger partial charge in [-0.1, -0.05) is 18.2 Å². The molecule has 2 aromatic carbocycles. The van der Waals surface area contributed by atoms with Crippen LogP contribution in [0.15, 0.2) is 42.5 Å². The minimum absolute atomic E-state index is 0.0785. The van der Waals surface area contributed by atoms with Gasteiger partial charge in [0.05, 0.1) is 18.5 Å². The predicted molar refractivity (Wildman–Crippen MR) is 121 cm³/mol. The minimum atomic E-state index is -3.45. The highest BCUT2D eigenvalue weighted by Gasteiger charge is 2.20. The third-order valence-corrected chi connectivity index (χ3v) is 6.92. The highest BCUT2D eigenvalue weighted by Crippen LogP contribution is 2.23. The summed E-state index contributed by atoms with van der Waals surface area (Å²) >= 11 is 0. The standard InChI is InChI=1S/C23H31N3O3S/c1-17-5-10-22(15-18(17)2)26(30(4,28)29)16-19-6-8-20(9-7-19)23(27)24-21-11-13-25(3)14-12-21/h5-10,15,21H,11-14,16H2,1-4H3,(H,24,27). The van der Waals surface area contributed by atoms with Gasteiger partial charge in [0.25, 0.3) is 5.91 Å². The highest BCUT2D eigenvalue weighted by molar-refractivity contribution is 7.92. The molecule has 1 amide bonds. The van der Waals surface area contributed by atoms with Crippen molar-refractivity contribution >= 4 is 21.6 Å². The molecule has 0 spiro atoms. The Morgan fingerprint density at radius 2 is 1.70 bits per heavy atom. The van der Waals surface area contributed by atoms with Crippen LogP contribution in [0.4, 0.5) is 5.69 Å². The summed E-state index contributed by atoms with van der Waals surface area (Å²) in [5, 5.41) is 3.11. The minimum Gasteiger partial charge on any atom is -0.349 e. The number of nitrogens with one attached hydrogen (secondary N) is 1. The summed E-state index contributed by atoms with van der Waals surface area (Å²) in [6.07, 6.45) is 3.13. The summed E-state index contributed by atoms with van der Waals surface area (Å²) in [5.74, 6) is -0.0785. The van der Waals surface area contributed by atoms with Crippen LogP contribution in [0.5, 0.6) is 0 Å². The van der Waals surface area contributed by atoms with Gasteiger partial charge in [-0.2, -0.15) is 0 Å². The van der Waals surface area contributed by atoms with E-state index in [9.17, 15) is 13.2 Å². The molecule has 2 aromatic rings. The normalized spacial score (nSPS) is 15.7. The molecule has 1 aliphatic heterocycles. The number of hydrogen-bond acceptors (Lipinski definition) is 4. The maximum absolute atomic E-state index is 12.5. The molecule has 162 valence electrons. The average molecular weight is 430 g/mol. The van der Waals surface area contributed by atoms with E-state index in [0.717, 1.165) is 42.6 Å². The first-order valence-electron chi connectivity index (χ1n) is 10.3. The number of aryl methyl sites for hydroxylation is 2. The number of amides is 1. The summed E-state index contributed by atoms with van der Waals surface area (Å²) in [6.45, 7) is 6.17. The smallest absolute Gasteiger partial charge is 0.251 e. The second kappa shape index (κ2) is 9.18. The molecule has 1 saturated heterocycles. The van der Waals surface area contributed by atoms with Crippen molar-refractivity contribution in [2.45, 2.75) is 39.3 Å². The van der Waals surface area contributed by atoms with E-state index >= 15 is 0 Å². The van der Waals surface area contributed by atoms with Crippen molar-refractivity contribution in [2.24, 2.45) is 0 Å². The fourth-order valence-electron chi connectivity index (χ4n) is 3.63. The molecule has 1 aliphatic rings. The molecule has 0 aromatic heterocycles. The molecule has 6 nitrogen and oxygen atoms in total. The van der Waals surface area contributed by atoms with Crippen LogP contribution in [0.25, 0.3) is 0 Å². The largest absolute Gasteiger partial charge is 0.349 e. The summed E-state index contributed by atoms with van der Waals surface area (Å²) in [6, 6.07) is 13.0. The van der Waals surface area contributed by atoms with Crippen LogP contribution in [0.2, 0.25) is 0 Å². The van der Waals surface area contributed by atoms with Crippen molar-refractivity contribution in [1.82, 2.24) is 10.2 Å².